The Hall–Kier alpha value is -3.72. The quantitative estimate of drug-likeness (QED) is 0.0279. The summed E-state index contributed by atoms with van der Waals surface area (Å²) in [5.74, 6) is -3.79. The van der Waals surface area contributed by atoms with Crippen LogP contribution >= 0.6 is 0 Å². The van der Waals surface area contributed by atoms with E-state index in [4.69, 9.17) is 28.4 Å². The summed E-state index contributed by atoms with van der Waals surface area (Å²) < 4.78 is 33.7. The minimum Gasteiger partial charge on any atom is -0.465 e. The van der Waals surface area contributed by atoms with Gasteiger partial charge in [-0.2, -0.15) is 0 Å². The molecule has 0 aliphatic carbocycles. The highest BCUT2D eigenvalue weighted by molar-refractivity contribution is 5.73. The van der Waals surface area contributed by atoms with Crippen LogP contribution in [0.3, 0.4) is 0 Å². The molecule has 0 radical (unpaired) electrons. The van der Waals surface area contributed by atoms with Gasteiger partial charge >= 0.3 is 35.9 Å². The fraction of sp³-hybridized carbons (Fsp3) is 0.833. The summed E-state index contributed by atoms with van der Waals surface area (Å²) in [5, 5.41) is 9.94. The highest BCUT2D eigenvalue weighted by atomic mass is 16.6. The molecule has 0 saturated carbocycles. The molecule has 0 aromatic carbocycles. The third kappa shape index (κ3) is 27.3. The molecule has 15 nitrogen and oxygen atoms in total. The predicted octanol–water partition coefficient (Wildman–Crippen LogP) is 8.02. The summed E-state index contributed by atoms with van der Waals surface area (Å²) in [4.78, 5) is 80.8. The number of aliphatic hydroxyl groups is 1. The average molecular weight is 895 g/mol. The summed E-state index contributed by atoms with van der Waals surface area (Å²) >= 11 is 0. The predicted molar refractivity (Wildman–Crippen MR) is 238 cm³/mol. The number of carbonyl (C=O) groups is 6. The van der Waals surface area contributed by atoms with Crippen molar-refractivity contribution in [2.45, 2.75) is 187 Å². The van der Waals surface area contributed by atoms with Crippen LogP contribution in [0.1, 0.15) is 168 Å². The van der Waals surface area contributed by atoms with Crippen LogP contribution in [-0.4, -0.2) is 129 Å². The van der Waals surface area contributed by atoms with E-state index in [1.807, 2.05) is 11.9 Å². The minimum absolute atomic E-state index is 0.0829. The number of rotatable bonds is 35. The first-order chi connectivity index (χ1) is 30.5. The van der Waals surface area contributed by atoms with Crippen LogP contribution in [0.4, 0.5) is 4.79 Å². The number of likely N-dealkylation sites (N-methyl/N-ethyl adjacent to an activating group) is 1. The summed E-state index contributed by atoms with van der Waals surface area (Å²) in [6, 6.07) is 0. The molecule has 1 saturated heterocycles. The van der Waals surface area contributed by atoms with Crippen molar-refractivity contribution in [3.63, 3.8) is 0 Å². The minimum atomic E-state index is -0.944. The fourth-order valence-corrected chi connectivity index (χ4v) is 7.36. The maximum absolute atomic E-state index is 13.5. The van der Waals surface area contributed by atoms with Gasteiger partial charge in [0.1, 0.15) is 18.3 Å². The molecule has 1 amide bonds. The van der Waals surface area contributed by atoms with E-state index >= 15 is 0 Å². The second-order valence-electron chi connectivity index (χ2n) is 17.5. The van der Waals surface area contributed by atoms with Crippen LogP contribution in [0.15, 0.2) is 12.2 Å². The van der Waals surface area contributed by atoms with Gasteiger partial charge in [0.05, 0.1) is 45.8 Å². The first kappa shape index (κ1) is 55.4. The molecule has 2 heterocycles. The molecular formula is C48H82N2O13. The number of aliphatic hydroxyl groups excluding tert-OH is 1. The van der Waals surface area contributed by atoms with Crippen LogP contribution in [0.2, 0.25) is 0 Å². The van der Waals surface area contributed by atoms with Crippen molar-refractivity contribution in [3.05, 3.63) is 12.2 Å². The lowest BCUT2D eigenvalue weighted by atomic mass is 10.1. The Balaban J connectivity index is 2.03. The molecule has 1 unspecified atom stereocenters. The fourth-order valence-electron chi connectivity index (χ4n) is 7.36. The Morgan fingerprint density at radius 1 is 0.508 bits per heavy atom. The average Bonchev–Trinajstić information content (AvgIpc) is 3.45. The number of ether oxygens (including phenoxy) is 6. The third-order valence-electron chi connectivity index (χ3n) is 11.3. The lowest BCUT2D eigenvalue weighted by Gasteiger charge is -2.37. The van der Waals surface area contributed by atoms with Gasteiger partial charge in [-0.15, -0.1) is 0 Å². The number of hydrogen-bond donors (Lipinski definition) is 1. The van der Waals surface area contributed by atoms with E-state index in [-0.39, 0.29) is 89.0 Å². The second kappa shape index (κ2) is 34.7. The Labute approximate surface area is 377 Å². The van der Waals surface area contributed by atoms with Crippen molar-refractivity contribution in [2.24, 2.45) is 11.8 Å². The van der Waals surface area contributed by atoms with E-state index in [1.54, 1.807) is 12.2 Å². The number of esters is 5. The topological polar surface area (TPSA) is 185 Å². The highest BCUT2D eigenvalue weighted by Gasteiger charge is 2.34. The molecule has 362 valence electrons. The lowest BCUT2D eigenvalue weighted by Crippen LogP contribution is -2.53. The van der Waals surface area contributed by atoms with E-state index in [1.165, 1.54) is 11.3 Å². The number of likely N-dealkylation sites (tertiary alicyclic amines) is 1. The van der Waals surface area contributed by atoms with Gasteiger partial charge in [0.25, 0.3) is 0 Å². The monoisotopic (exact) mass is 895 g/mol. The molecule has 1 N–H and O–H groups in total. The van der Waals surface area contributed by atoms with Gasteiger partial charge in [-0.25, -0.2) is 4.79 Å². The maximum atomic E-state index is 13.5. The van der Waals surface area contributed by atoms with Crippen molar-refractivity contribution in [1.29, 1.82) is 0 Å². The van der Waals surface area contributed by atoms with Gasteiger partial charge in [-0.1, -0.05) is 117 Å². The van der Waals surface area contributed by atoms with E-state index in [2.05, 4.69) is 20.8 Å². The third-order valence-corrected chi connectivity index (χ3v) is 11.3. The summed E-state index contributed by atoms with van der Waals surface area (Å²) in [7, 11) is 1.90. The smallest absolute Gasteiger partial charge is 0.410 e. The largest absolute Gasteiger partial charge is 0.465 e. The van der Waals surface area contributed by atoms with Crippen LogP contribution < -0.4 is 0 Å². The summed E-state index contributed by atoms with van der Waals surface area (Å²) in [6.07, 6.45) is 19.0. The van der Waals surface area contributed by atoms with Crippen molar-refractivity contribution >= 4 is 35.9 Å². The Kier molecular flexibility index (Phi) is 30.5. The molecule has 0 aromatic heterocycles. The van der Waals surface area contributed by atoms with Crippen LogP contribution in [0, 0.1) is 11.8 Å². The number of nitrogens with zero attached hydrogens (tertiary/aromatic N) is 2. The van der Waals surface area contributed by atoms with Gasteiger partial charge in [0.2, 0.25) is 0 Å². The molecule has 3 atom stereocenters. The summed E-state index contributed by atoms with van der Waals surface area (Å²) in [5.41, 5.74) is 0. The van der Waals surface area contributed by atoms with Gasteiger partial charge in [-0.05, 0) is 38.5 Å². The number of amides is 1. The highest BCUT2D eigenvalue weighted by Crippen LogP contribution is 2.19. The maximum Gasteiger partial charge on any atom is 0.410 e. The zero-order chi connectivity index (χ0) is 46.1. The van der Waals surface area contributed by atoms with Crippen molar-refractivity contribution < 1.29 is 62.3 Å². The van der Waals surface area contributed by atoms with E-state index in [0.29, 0.717) is 25.9 Å². The lowest BCUT2D eigenvalue weighted by molar-refractivity contribution is -0.156. The van der Waals surface area contributed by atoms with E-state index in [0.717, 1.165) is 96.3 Å². The molecule has 0 aromatic rings. The zero-order valence-corrected chi connectivity index (χ0v) is 39.2. The van der Waals surface area contributed by atoms with Gasteiger partial charge in [0.15, 0.2) is 0 Å². The zero-order valence-electron chi connectivity index (χ0n) is 39.2. The molecule has 63 heavy (non-hydrogen) atoms. The van der Waals surface area contributed by atoms with Crippen molar-refractivity contribution in [3.8, 4) is 0 Å². The van der Waals surface area contributed by atoms with Gasteiger partial charge in [0, 0.05) is 50.8 Å². The van der Waals surface area contributed by atoms with E-state index in [9.17, 15) is 33.9 Å². The normalized spacial score (nSPS) is 17.1. The van der Waals surface area contributed by atoms with Gasteiger partial charge < -0.3 is 38.4 Å². The molecule has 15 heteroatoms. The Morgan fingerprint density at radius 2 is 0.873 bits per heavy atom. The Morgan fingerprint density at radius 3 is 1.25 bits per heavy atom. The standard InChI is InChI=1S/C48H82N2O13/c1-5-8-11-14-17-20-23-43(52)58-35-38(34-51)28-46(55)61-40-26-27-41(33-50(32-40)48(57)63-42-30-49(4)31-42)62-47(56)29-39(36-59-44(53)24-21-18-15-12-9-6-2)37-60-45(54)25-22-19-16-13-10-7-3/h26-27,38-42,51H,5-25,28-37H2,1-4H3/t38?,40-,41+/m0/s1. The van der Waals surface area contributed by atoms with E-state index < -0.39 is 48.7 Å². The Bertz CT molecular complexity index is 1300. The molecule has 2 rings (SSSR count). The molecule has 0 spiro atoms. The van der Waals surface area contributed by atoms with Crippen molar-refractivity contribution in [2.75, 3.05) is 59.7 Å². The van der Waals surface area contributed by atoms with Gasteiger partial charge in [-0.3, -0.25) is 28.9 Å². The molecular weight excluding hydrogens is 813 g/mol. The van der Waals surface area contributed by atoms with Crippen LogP contribution in [-0.2, 0) is 52.4 Å². The van der Waals surface area contributed by atoms with Crippen molar-refractivity contribution in [1.82, 2.24) is 9.80 Å². The number of hydrogen-bond acceptors (Lipinski definition) is 14. The molecule has 1 fully saturated rings. The molecule has 0 bridgehead atoms. The van der Waals surface area contributed by atoms with Crippen LogP contribution in [0.5, 0.6) is 0 Å². The first-order valence-electron chi connectivity index (χ1n) is 24.2. The molecule has 2 aliphatic rings. The van der Waals surface area contributed by atoms with Crippen LogP contribution in [0.25, 0.3) is 0 Å². The summed E-state index contributed by atoms with van der Waals surface area (Å²) in [6.45, 7) is 6.61. The molecule has 2 aliphatic heterocycles. The SMILES string of the molecule is CCCCCCCCC(=O)OCC(COC(=O)CCCCCCCC)CC(=O)O[C@@H]1C=C[C@H](OC(=O)CC(CO)COC(=O)CCCCCCCC)CN(C(=O)OC2CN(C)C2)C1. The number of unbranched alkanes of at least 4 members (excludes halogenated alkanes) is 15. The number of carbonyl (C=O) groups excluding carboxylic acids is 6. The second-order valence-corrected chi connectivity index (χ2v) is 17.5. The first-order valence-corrected chi connectivity index (χ1v) is 24.2.